The second-order valence-electron chi connectivity index (χ2n) is 5.09. The monoisotopic (exact) mass is 274 g/mol. The van der Waals surface area contributed by atoms with E-state index in [-0.39, 0.29) is 5.82 Å². The average molecular weight is 274 g/mol. The van der Waals surface area contributed by atoms with Crippen molar-refractivity contribution in [1.29, 1.82) is 0 Å². The zero-order valence-electron chi connectivity index (χ0n) is 11.6. The molecule has 0 unspecified atom stereocenters. The second-order valence-corrected chi connectivity index (χ2v) is 5.09. The standard InChI is InChI=1S/C13H16BFN4O/c1-9-16-13(17-20-9)10-2-3-12(11(15)8-10)18-4-6-19(14)7-5-18/h2-3,8H,4-7,14H2,1H3. The highest BCUT2D eigenvalue weighted by atomic mass is 19.1. The summed E-state index contributed by atoms with van der Waals surface area (Å²) in [5.41, 5.74) is 1.28. The molecule has 2 heterocycles. The van der Waals surface area contributed by atoms with Crippen molar-refractivity contribution < 1.29 is 8.91 Å². The Hall–Kier alpha value is -1.89. The Kier molecular flexibility index (Phi) is 3.44. The molecule has 0 atom stereocenters. The van der Waals surface area contributed by atoms with Crippen LogP contribution in [0.1, 0.15) is 5.89 Å². The summed E-state index contributed by atoms with van der Waals surface area (Å²) in [6.45, 7) is 5.30. The summed E-state index contributed by atoms with van der Waals surface area (Å²) in [5.74, 6) is 0.657. The smallest absolute Gasteiger partial charge is 0.223 e. The molecule has 7 heteroatoms. The summed E-state index contributed by atoms with van der Waals surface area (Å²) < 4.78 is 19.2. The molecule has 1 aliphatic heterocycles. The first-order chi connectivity index (χ1) is 9.63. The molecule has 1 aliphatic rings. The van der Waals surface area contributed by atoms with Crippen molar-refractivity contribution in [2.24, 2.45) is 0 Å². The van der Waals surface area contributed by atoms with Crippen molar-refractivity contribution in [2.75, 3.05) is 31.1 Å². The lowest BCUT2D eigenvalue weighted by atomic mass is 10.1. The van der Waals surface area contributed by atoms with Gasteiger partial charge in [-0.1, -0.05) is 5.16 Å². The molecule has 0 radical (unpaired) electrons. The van der Waals surface area contributed by atoms with Crippen LogP contribution < -0.4 is 4.90 Å². The average Bonchev–Trinajstić information content (AvgIpc) is 2.87. The zero-order chi connectivity index (χ0) is 14.1. The van der Waals surface area contributed by atoms with Gasteiger partial charge in [0.2, 0.25) is 11.7 Å². The Labute approximate surface area is 117 Å². The summed E-state index contributed by atoms with van der Waals surface area (Å²) in [5, 5.41) is 3.81. The molecule has 1 fully saturated rings. The Morgan fingerprint density at radius 2 is 2.00 bits per heavy atom. The van der Waals surface area contributed by atoms with Gasteiger partial charge in [-0.2, -0.15) is 4.98 Å². The van der Waals surface area contributed by atoms with Crippen LogP contribution >= 0.6 is 0 Å². The molecule has 0 N–H and O–H groups in total. The van der Waals surface area contributed by atoms with Crippen molar-refractivity contribution in [3.05, 3.63) is 29.9 Å². The zero-order valence-corrected chi connectivity index (χ0v) is 11.6. The molecule has 3 rings (SSSR count). The minimum Gasteiger partial charge on any atom is -0.367 e. The van der Waals surface area contributed by atoms with Crippen molar-refractivity contribution in [2.45, 2.75) is 6.92 Å². The first-order valence-electron chi connectivity index (χ1n) is 6.67. The third-order valence-corrected chi connectivity index (χ3v) is 3.58. The van der Waals surface area contributed by atoms with Crippen molar-refractivity contribution in [3.8, 4) is 11.4 Å². The topological polar surface area (TPSA) is 45.4 Å². The molecule has 0 bridgehead atoms. The van der Waals surface area contributed by atoms with Gasteiger partial charge in [0, 0.05) is 38.7 Å². The van der Waals surface area contributed by atoms with Gasteiger partial charge in [0.25, 0.3) is 0 Å². The van der Waals surface area contributed by atoms with Gasteiger partial charge in [-0.3, -0.25) is 0 Å². The lowest BCUT2D eigenvalue weighted by Gasteiger charge is -2.34. The lowest BCUT2D eigenvalue weighted by molar-refractivity contribution is 0.394. The van der Waals surface area contributed by atoms with Crippen LogP contribution in [0.15, 0.2) is 22.7 Å². The van der Waals surface area contributed by atoms with E-state index in [2.05, 4.69) is 27.8 Å². The van der Waals surface area contributed by atoms with Gasteiger partial charge >= 0.3 is 0 Å². The molecule has 1 aromatic carbocycles. The first-order valence-corrected chi connectivity index (χ1v) is 6.67. The highest BCUT2D eigenvalue weighted by molar-refractivity contribution is 6.04. The molecule has 104 valence electrons. The molecule has 0 saturated carbocycles. The van der Waals surface area contributed by atoms with Gasteiger partial charge in [-0.15, -0.1) is 0 Å². The predicted octanol–water partition coefficient (Wildman–Crippen LogP) is 0.854. The number of hydrogen-bond acceptors (Lipinski definition) is 5. The van der Waals surface area contributed by atoms with E-state index in [0.29, 0.717) is 23.0 Å². The molecule has 0 aliphatic carbocycles. The number of aryl methyl sites for hydroxylation is 1. The molecule has 1 aromatic heterocycles. The largest absolute Gasteiger partial charge is 0.367 e. The van der Waals surface area contributed by atoms with Crippen LogP contribution in [0.4, 0.5) is 10.1 Å². The quantitative estimate of drug-likeness (QED) is 0.760. The number of nitrogens with zero attached hydrogens (tertiary/aromatic N) is 4. The summed E-state index contributed by atoms with van der Waals surface area (Å²) in [7, 11) is 2.08. The molecular weight excluding hydrogens is 258 g/mol. The van der Waals surface area contributed by atoms with E-state index in [9.17, 15) is 4.39 Å². The summed E-state index contributed by atoms with van der Waals surface area (Å²) >= 11 is 0. The van der Waals surface area contributed by atoms with Gasteiger partial charge in [0.1, 0.15) is 5.82 Å². The minimum absolute atomic E-state index is 0.241. The first kappa shape index (κ1) is 13.1. The molecule has 20 heavy (non-hydrogen) atoms. The van der Waals surface area contributed by atoms with E-state index in [1.807, 2.05) is 6.07 Å². The van der Waals surface area contributed by atoms with Gasteiger partial charge in [0.15, 0.2) is 7.98 Å². The Bertz CT molecular complexity index is 610. The SMILES string of the molecule is BN1CCN(c2ccc(-c3noc(C)n3)cc2F)CC1. The molecular formula is C13H16BFN4O. The molecule has 1 saturated heterocycles. The third kappa shape index (κ3) is 2.53. The fourth-order valence-electron chi connectivity index (χ4n) is 2.37. The van der Waals surface area contributed by atoms with Crippen LogP contribution in [0.2, 0.25) is 0 Å². The molecule has 2 aromatic rings. The fourth-order valence-corrected chi connectivity index (χ4v) is 2.37. The lowest BCUT2D eigenvalue weighted by Crippen LogP contribution is -2.45. The maximum absolute atomic E-state index is 14.3. The van der Waals surface area contributed by atoms with Gasteiger partial charge < -0.3 is 14.2 Å². The van der Waals surface area contributed by atoms with E-state index >= 15 is 0 Å². The maximum Gasteiger partial charge on any atom is 0.223 e. The maximum atomic E-state index is 14.3. The van der Waals surface area contributed by atoms with Gasteiger partial charge in [-0.25, -0.2) is 4.39 Å². The Balaban J connectivity index is 1.84. The second kappa shape index (κ2) is 5.24. The van der Waals surface area contributed by atoms with E-state index in [1.165, 1.54) is 6.07 Å². The van der Waals surface area contributed by atoms with Crippen LogP contribution in [0.3, 0.4) is 0 Å². The number of benzene rings is 1. The van der Waals surface area contributed by atoms with Crippen LogP contribution in [-0.4, -0.2) is 49.1 Å². The van der Waals surface area contributed by atoms with Crippen LogP contribution in [-0.2, 0) is 0 Å². The summed E-state index contributed by atoms with van der Waals surface area (Å²) in [4.78, 5) is 8.42. The van der Waals surface area contributed by atoms with Crippen molar-refractivity contribution in [1.82, 2.24) is 15.0 Å². The third-order valence-electron chi connectivity index (χ3n) is 3.58. The molecule has 0 spiro atoms. The van der Waals surface area contributed by atoms with Gasteiger partial charge in [0.05, 0.1) is 5.69 Å². The number of anilines is 1. The van der Waals surface area contributed by atoms with E-state index < -0.39 is 0 Å². The van der Waals surface area contributed by atoms with E-state index in [1.54, 1.807) is 13.0 Å². The van der Waals surface area contributed by atoms with Crippen LogP contribution in [0.5, 0.6) is 0 Å². The highest BCUT2D eigenvalue weighted by Crippen LogP contribution is 2.25. The highest BCUT2D eigenvalue weighted by Gasteiger charge is 2.18. The number of hydrogen-bond donors (Lipinski definition) is 0. The van der Waals surface area contributed by atoms with E-state index in [4.69, 9.17) is 4.52 Å². The Morgan fingerprint density at radius 3 is 2.60 bits per heavy atom. The molecule has 0 amide bonds. The summed E-state index contributed by atoms with van der Waals surface area (Å²) in [6, 6.07) is 5.10. The number of rotatable bonds is 2. The van der Waals surface area contributed by atoms with E-state index in [0.717, 1.165) is 26.2 Å². The number of aromatic nitrogens is 2. The van der Waals surface area contributed by atoms with Crippen molar-refractivity contribution >= 4 is 13.7 Å². The van der Waals surface area contributed by atoms with Crippen LogP contribution in [0.25, 0.3) is 11.4 Å². The fraction of sp³-hybridized carbons (Fsp3) is 0.385. The van der Waals surface area contributed by atoms with Crippen LogP contribution in [0, 0.1) is 12.7 Å². The Morgan fingerprint density at radius 1 is 1.25 bits per heavy atom. The minimum atomic E-state index is -0.241. The predicted molar refractivity (Wildman–Crippen MR) is 76.8 cm³/mol. The van der Waals surface area contributed by atoms with Gasteiger partial charge in [-0.05, 0) is 18.2 Å². The number of halogens is 1. The molecule has 5 nitrogen and oxygen atoms in total. The number of piperazine rings is 1. The summed E-state index contributed by atoms with van der Waals surface area (Å²) in [6.07, 6.45) is 0. The normalized spacial score (nSPS) is 16.6. The van der Waals surface area contributed by atoms with Crippen molar-refractivity contribution in [3.63, 3.8) is 0 Å².